The summed E-state index contributed by atoms with van der Waals surface area (Å²) < 4.78 is 28.0. The first kappa shape index (κ1) is 13.8. The van der Waals surface area contributed by atoms with E-state index in [1.807, 2.05) is 12.1 Å². The Hall–Kier alpha value is -2.15. The number of aromatic nitrogens is 2. The molecule has 1 fully saturated rings. The second-order valence-corrected chi connectivity index (χ2v) is 6.41. The highest BCUT2D eigenvalue weighted by molar-refractivity contribution is 7.94. The minimum Gasteiger partial charge on any atom is -0.372 e. The van der Waals surface area contributed by atoms with Crippen molar-refractivity contribution in [3.63, 3.8) is 0 Å². The lowest BCUT2D eigenvalue weighted by Crippen LogP contribution is -2.17. The van der Waals surface area contributed by atoms with Crippen LogP contribution in [0.3, 0.4) is 0 Å². The highest BCUT2D eigenvalue weighted by atomic mass is 32.2. The number of nitrogens with zero attached hydrogens (tertiary/aromatic N) is 4. The fraction of sp³-hybridized carbons (Fsp3) is 0.286. The number of anilines is 1. The lowest BCUT2D eigenvalue weighted by atomic mass is 10.3. The van der Waals surface area contributed by atoms with E-state index in [-0.39, 0.29) is 10.8 Å². The minimum atomic E-state index is -3.77. The van der Waals surface area contributed by atoms with E-state index in [9.17, 15) is 8.42 Å². The van der Waals surface area contributed by atoms with Crippen molar-refractivity contribution in [2.75, 3.05) is 18.0 Å². The van der Waals surface area contributed by atoms with Gasteiger partial charge in [-0.25, -0.2) is 8.42 Å². The first-order valence-corrected chi connectivity index (χ1v) is 8.19. The van der Waals surface area contributed by atoms with Crippen molar-refractivity contribution >= 4 is 21.7 Å². The van der Waals surface area contributed by atoms with Crippen molar-refractivity contribution in [3.05, 3.63) is 47.4 Å². The van der Waals surface area contributed by atoms with Gasteiger partial charge in [0.25, 0.3) is 0 Å². The Labute approximate surface area is 123 Å². The van der Waals surface area contributed by atoms with Crippen molar-refractivity contribution in [2.45, 2.75) is 17.7 Å². The number of benzene rings is 1. The van der Waals surface area contributed by atoms with E-state index < -0.39 is 10.0 Å². The fourth-order valence-electron chi connectivity index (χ4n) is 2.30. The molecule has 7 heteroatoms. The molecule has 2 aromatic rings. The molecule has 0 aliphatic carbocycles. The monoisotopic (exact) mass is 303 g/mol. The summed E-state index contributed by atoms with van der Waals surface area (Å²) >= 11 is 0. The number of hydrogen-bond donors (Lipinski definition) is 0. The van der Waals surface area contributed by atoms with Crippen molar-refractivity contribution in [1.82, 2.24) is 9.97 Å². The maximum atomic E-state index is 12.2. The zero-order valence-corrected chi connectivity index (χ0v) is 12.2. The van der Waals surface area contributed by atoms with E-state index in [2.05, 4.69) is 19.6 Å². The maximum absolute atomic E-state index is 12.2. The van der Waals surface area contributed by atoms with Gasteiger partial charge in [0.05, 0.1) is 4.90 Å². The third-order valence-electron chi connectivity index (χ3n) is 3.36. The standard InChI is InChI=1S/C14H15N4O2S/c19-21(20,17-14-15-8-3-9-16-14)13-6-4-12(5-7-13)18-10-1-2-11-18/h3-9H,1-2,10-11H2/q-1. The molecule has 0 amide bonds. The van der Waals surface area contributed by atoms with Gasteiger partial charge in [0.1, 0.15) is 0 Å². The van der Waals surface area contributed by atoms with Crippen LogP contribution in [0.2, 0.25) is 0 Å². The minimum absolute atomic E-state index is 0.0545. The van der Waals surface area contributed by atoms with Gasteiger partial charge < -0.3 is 14.9 Å². The predicted octanol–water partition coefficient (Wildman–Crippen LogP) is 2.47. The molecule has 1 aromatic heterocycles. The van der Waals surface area contributed by atoms with E-state index in [0.717, 1.165) is 18.8 Å². The summed E-state index contributed by atoms with van der Waals surface area (Å²) in [6, 6.07) is 8.40. The van der Waals surface area contributed by atoms with Crippen LogP contribution in [0.25, 0.3) is 4.72 Å². The average molecular weight is 303 g/mol. The summed E-state index contributed by atoms with van der Waals surface area (Å²) in [5.41, 5.74) is 1.04. The van der Waals surface area contributed by atoms with Gasteiger partial charge in [-0.1, -0.05) is 6.07 Å². The molecule has 0 bridgehead atoms. The molecule has 1 aliphatic heterocycles. The van der Waals surface area contributed by atoms with Gasteiger partial charge in [0.15, 0.2) is 0 Å². The molecule has 0 atom stereocenters. The summed E-state index contributed by atoms with van der Waals surface area (Å²) in [7, 11) is -3.77. The Morgan fingerprint density at radius 2 is 1.62 bits per heavy atom. The van der Waals surface area contributed by atoms with Gasteiger partial charge in [-0.05, 0) is 49.5 Å². The normalized spacial score (nSPS) is 15.1. The van der Waals surface area contributed by atoms with E-state index in [4.69, 9.17) is 0 Å². The molecule has 6 nitrogen and oxygen atoms in total. The van der Waals surface area contributed by atoms with E-state index in [1.54, 1.807) is 18.2 Å². The average Bonchev–Trinajstić information content (AvgIpc) is 3.02. The molecular weight excluding hydrogens is 288 g/mol. The number of rotatable bonds is 4. The molecule has 21 heavy (non-hydrogen) atoms. The first-order chi connectivity index (χ1) is 10.1. The van der Waals surface area contributed by atoms with Gasteiger partial charge in [0.2, 0.25) is 10.0 Å². The third kappa shape index (κ3) is 3.13. The first-order valence-electron chi connectivity index (χ1n) is 6.75. The molecule has 0 N–H and O–H groups in total. The Bertz CT molecular complexity index is 696. The molecule has 0 unspecified atom stereocenters. The molecule has 1 saturated heterocycles. The predicted molar refractivity (Wildman–Crippen MR) is 80.1 cm³/mol. The van der Waals surface area contributed by atoms with Crippen LogP contribution in [0.15, 0.2) is 47.6 Å². The van der Waals surface area contributed by atoms with Crippen LogP contribution in [-0.4, -0.2) is 31.5 Å². The summed E-state index contributed by atoms with van der Waals surface area (Å²) in [4.78, 5) is 10.0. The van der Waals surface area contributed by atoms with E-state index in [1.165, 1.54) is 25.2 Å². The van der Waals surface area contributed by atoms with Gasteiger partial charge in [-0.2, -0.15) is 0 Å². The molecule has 110 valence electrons. The van der Waals surface area contributed by atoms with Gasteiger partial charge in [-0.15, -0.1) is 0 Å². The number of hydrogen-bond acceptors (Lipinski definition) is 5. The molecular formula is C14H15N4O2S-. The topological polar surface area (TPSA) is 77.3 Å². The van der Waals surface area contributed by atoms with E-state index in [0.29, 0.717) is 0 Å². The molecule has 0 radical (unpaired) electrons. The van der Waals surface area contributed by atoms with Crippen LogP contribution in [0.1, 0.15) is 12.8 Å². The van der Waals surface area contributed by atoms with Crippen molar-refractivity contribution in [1.29, 1.82) is 0 Å². The summed E-state index contributed by atoms with van der Waals surface area (Å²) in [5, 5.41) is 0. The van der Waals surface area contributed by atoms with Crippen LogP contribution in [0.5, 0.6) is 0 Å². The second-order valence-electron chi connectivity index (χ2n) is 4.80. The van der Waals surface area contributed by atoms with Gasteiger partial charge >= 0.3 is 0 Å². The van der Waals surface area contributed by atoms with Gasteiger partial charge in [-0.3, -0.25) is 4.72 Å². The van der Waals surface area contributed by atoms with Crippen molar-refractivity contribution < 1.29 is 8.42 Å². The highest BCUT2D eigenvalue weighted by Crippen LogP contribution is 2.26. The largest absolute Gasteiger partial charge is 0.372 e. The van der Waals surface area contributed by atoms with Crippen molar-refractivity contribution in [2.24, 2.45) is 0 Å². The van der Waals surface area contributed by atoms with Crippen LogP contribution in [-0.2, 0) is 10.0 Å². The van der Waals surface area contributed by atoms with Crippen molar-refractivity contribution in [3.8, 4) is 0 Å². The Morgan fingerprint density at radius 3 is 2.24 bits per heavy atom. The molecule has 0 spiro atoms. The fourth-order valence-corrected chi connectivity index (χ4v) is 3.20. The summed E-state index contributed by atoms with van der Waals surface area (Å²) in [6.07, 6.45) is 5.27. The smallest absolute Gasteiger partial charge is 0.229 e. The quantitative estimate of drug-likeness (QED) is 0.867. The number of sulfonamides is 1. The SMILES string of the molecule is O=S(=O)([N-]c1ncccn1)c1ccc(N2CCCC2)cc1. The Morgan fingerprint density at radius 1 is 1.00 bits per heavy atom. The second kappa shape index (κ2) is 5.69. The van der Waals surface area contributed by atoms with Gasteiger partial charge in [0, 0.05) is 24.7 Å². The summed E-state index contributed by atoms with van der Waals surface area (Å²) in [6.45, 7) is 2.04. The van der Waals surface area contributed by atoms with Crippen LogP contribution >= 0.6 is 0 Å². The highest BCUT2D eigenvalue weighted by Gasteiger charge is 2.15. The molecule has 0 saturated carbocycles. The molecule has 1 aliphatic rings. The zero-order chi connectivity index (χ0) is 14.7. The lowest BCUT2D eigenvalue weighted by Gasteiger charge is -2.18. The molecule has 3 rings (SSSR count). The maximum Gasteiger partial charge on any atom is 0.229 e. The zero-order valence-electron chi connectivity index (χ0n) is 11.4. The molecule has 2 heterocycles. The van der Waals surface area contributed by atoms with Crippen LogP contribution < -0.4 is 4.90 Å². The van der Waals surface area contributed by atoms with E-state index >= 15 is 0 Å². The summed E-state index contributed by atoms with van der Waals surface area (Å²) in [5.74, 6) is -0.0545. The Balaban J connectivity index is 1.79. The van der Waals surface area contributed by atoms with Crippen LogP contribution in [0.4, 0.5) is 11.6 Å². The third-order valence-corrected chi connectivity index (χ3v) is 4.63. The molecule has 1 aromatic carbocycles. The van der Waals surface area contributed by atoms with Crippen LogP contribution in [0, 0.1) is 0 Å². The Kier molecular flexibility index (Phi) is 3.74. The lowest BCUT2D eigenvalue weighted by molar-refractivity contribution is 0.603.